The number of benzene rings is 2. The predicted octanol–water partition coefficient (Wildman–Crippen LogP) is 1.33. The van der Waals surface area contributed by atoms with Crippen molar-refractivity contribution in [3.8, 4) is 11.8 Å². The van der Waals surface area contributed by atoms with Gasteiger partial charge in [0.15, 0.2) is 0 Å². The van der Waals surface area contributed by atoms with Crippen LogP contribution >= 0.6 is 0 Å². The molecule has 2 amide bonds. The number of nitrogens with one attached hydrogen (secondary N) is 1. The van der Waals surface area contributed by atoms with E-state index in [0.717, 1.165) is 17.7 Å². The van der Waals surface area contributed by atoms with Crippen LogP contribution in [0.2, 0.25) is 0 Å². The average molecular weight is 453 g/mol. The molecule has 0 aliphatic rings. The fourth-order valence-corrected chi connectivity index (χ4v) is 2.90. The van der Waals surface area contributed by atoms with Gasteiger partial charge in [0.05, 0.1) is 19.0 Å². The number of hydrogen-bond acceptors (Lipinski definition) is 6. The zero-order valence-electron chi connectivity index (χ0n) is 18.4. The van der Waals surface area contributed by atoms with Gasteiger partial charge in [-0.15, -0.1) is 0 Å². The van der Waals surface area contributed by atoms with Crippen molar-refractivity contribution in [2.45, 2.75) is 18.8 Å². The van der Waals surface area contributed by atoms with Gasteiger partial charge in [0.2, 0.25) is 5.91 Å². The van der Waals surface area contributed by atoms with E-state index in [1.54, 1.807) is 6.07 Å². The highest BCUT2D eigenvalue weighted by molar-refractivity contribution is 6.43. The van der Waals surface area contributed by atoms with Crippen LogP contribution in [0.4, 0.5) is 4.39 Å². The van der Waals surface area contributed by atoms with Crippen LogP contribution in [0, 0.1) is 17.1 Å². The molecule has 0 heterocycles. The number of likely N-dealkylation sites (N-methyl/N-ethyl adjacent to an activating group) is 1. The van der Waals surface area contributed by atoms with Gasteiger partial charge in [-0.3, -0.25) is 9.59 Å². The van der Waals surface area contributed by atoms with E-state index in [-0.39, 0.29) is 36.3 Å². The Morgan fingerprint density at radius 3 is 2.55 bits per heavy atom. The maximum Gasteiger partial charge on any atom is 0.475 e. The largest absolute Gasteiger partial charge is 0.493 e. The van der Waals surface area contributed by atoms with Crippen molar-refractivity contribution < 1.29 is 28.8 Å². The fourth-order valence-electron chi connectivity index (χ4n) is 2.90. The lowest BCUT2D eigenvalue weighted by molar-refractivity contribution is -0.124. The topological polar surface area (TPSA) is 123 Å². The minimum absolute atomic E-state index is 0.00460. The van der Waals surface area contributed by atoms with E-state index in [1.165, 1.54) is 31.1 Å². The van der Waals surface area contributed by atoms with Gasteiger partial charge in [0.25, 0.3) is 5.91 Å². The third-order valence-electron chi connectivity index (χ3n) is 4.63. The lowest BCUT2D eigenvalue weighted by atomic mass is 9.76. The van der Waals surface area contributed by atoms with E-state index in [0.29, 0.717) is 0 Å². The Morgan fingerprint density at radius 1 is 1.24 bits per heavy atom. The summed E-state index contributed by atoms with van der Waals surface area (Å²) < 4.78 is 19.6. The van der Waals surface area contributed by atoms with Gasteiger partial charge in [-0.1, -0.05) is 30.3 Å². The number of halogens is 1. The number of carbonyl (C=O) groups is 2. The van der Waals surface area contributed by atoms with Gasteiger partial charge in [0, 0.05) is 19.7 Å². The molecule has 0 aliphatic carbocycles. The van der Waals surface area contributed by atoms with Crippen LogP contribution in [0.3, 0.4) is 0 Å². The molecule has 0 bridgehead atoms. The molecule has 10 heteroatoms. The molecule has 0 aliphatic heterocycles. The SMILES string of the molecule is CN(C)C(=O)C(C#N)=Cc1cc(OCCC(=O)N[C@@H](Cc2ccccc2)B(O)O)ccc1F. The van der Waals surface area contributed by atoms with Crippen molar-refractivity contribution in [2.75, 3.05) is 20.7 Å². The van der Waals surface area contributed by atoms with Gasteiger partial charge in [0.1, 0.15) is 23.2 Å². The van der Waals surface area contributed by atoms with Gasteiger partial charge in [-0.25, -0.2) is 4.39 Å². The molecular formula is C23H25BFN3O5. The van der Waals surface area contributed by atoms with E-state index >= 15 is 0 Å². The van der Waals surface area contributed by atoms with E-state index in [1.807, 2.05) is 30.3 Å². The molecule has 1 atom stereocenters. The predicted molar refractivity (Wildman–Crippen MR) is 121 cm³/mol. The fraction of sp³-hybridized carbons (Fsp3) is 0.261. The van der Waals surface area contributed by atoms with Crippen LogP contribution in [0.15, 0.2) is 54.1 Å². The lowest BCUT2D eigenvalue weighted by Gasteiger charge is -2.18. The minimum Gasteiger partial charge on any atom is -0.493 e. The first-order valence-corrected chi connectivity index (χ1v) is 10.2. The molecule has 2 rings (SSSR count). The summed E-state index contributed by atoms with van der Waals surface area (Å²) in [5.74, 6) is -2.29. The molecule has 2 aromatic rings. The number of rotatable bonds is 10. The van der Waals surface area contributed by atoms with Crippen LogP contribution in [-0.2, 0) is 16.0 Å². The van der Waals surface area contributed by atoms with Crippen LogP contribution in [0.25, 0.3) is 6.08 Å². The summed E-state index contributed by atoms with van der Waals surface area (Å²) in [6, 6.07) is 14.7. The number of ether oxygens (including phenoxy) is 1. The lowest BCUT2D eigenvalue weighted by Crippen LogP contribution is -2.48. The second kappa shape index (κ2) is 12.4. The number of amides is 2. The molecular weight excluding hydrogens is 428 g/mol. The van der Waals surface area contributed by atoms with Crippen LogP contribution in [-0.4, -0.2) is 60.5 Å². The van der Waals surface area contributed by atoms with Crippen molar-refractivity contribution in [3.63, 3.8) is 0 Å². The van der Waals surface area contributed by atoms with Gasteiger partial charge in [-0.2, -0.15) is 5.26 Å². The average Bonchev–Trinajstić information content (AvgIpc) is 2.78. The van der Waals surface area contributed by atoms with Gasteiger partial charge in [-0.05, 0) is 36.3 Å². The molecule has 0 saturated heterocycles. The third kappa shape index (κ3) is 8.07. The second-order valence-corrected chi connectivity index (χ2v) is 7.43. The van der Waals surface area contributed by atoms with Gasteiger partial charge >= 0.3 is 7.12 Å². The van der Waals surface area contributed by atoms with Gasteiger partial charge < -0.3 is 25.0 Å². The summed E-state index contributed by atoms with van der Waals surface area (Å²) in [5.41, 5.74) is 0.598. The molecule has 0 radical (unpaired) electrons. The molecule has 3 N–H and O–H groups in total. The maximum absolute atomic E-state index is 14.1. The molecule has 8 nitrogen and oxygen atoms in total. The van der Waals surface area contributed by atoms with Crippen molar-refractivity contribution in [3.05, 3.63) is 71.0 Å². The summed E-state index contributed by atoms with van der Waals surface area (Å²) in [5, 5.41) is 30.9. The number of nitrogens with zero attached hydrogens (tertiary/aromatic N) is 2. The third-order valence-corrected chi connectivity index (χ3v) is 4.63. The highest BCUT2D eigenvalue weighted by Crippen LogP contribution is 2.20. The Labute approximate surface area is 192 Å². The quantitative estimate of drug-likeness (QED) is 0.284. The van der Waals surface area contributed by atoms with E-state index in [9.17, 15) is 29.3 Å². The normalized spacial score (nSPS) is 11.8. The van der Waals surface area contributed by atoms with E-state index in [2.05, 4.69) is 5.32 Å². The zero-order chi connectivity index (χ0) is 24.4. The molecule has 0 saturated carbocycles. The van der Waals surface area contributed by atoms with E-state index in [4.69, 9.17) is 4.74 Å². The molecule has 0 spiro atoms. The molecule has 0 fully saturated rings. The van der Waals surface area contributed by atoms with Crippen LogP contribution in [0.5, 0.6) is 5.75 Å². The summed E-state index contributed by atoms with van der Waals surface area (Å²) >= 11 is 0. The highest BCUT2D eigenvalue weighted by Gasteiger charge is 2.25. The minimum atomic E-state index is -1.74. The summed E-state index contributed by atoms with van der Waals surface area (Å²) in [6.45, 7) is -0.0536. The molecule has 33 heavy (non-hydrogen) atoms. The van der Waals surface area contributed by atoms with Crippen molar-refractivity contribution in [1.82, 2.24) is 10.2 Å². The Morgan fingerprint density at radius 2 is 1.94 bits per heavy atom. The van der Waals surface area contributed by atoms with Crippen molar-refractivity contribution in [1.29, 1.82) is 5.26 Å². The summed E-state index contributed by atoms with van der Waals surface area (Å²) in [4.78, 5) is 25.4. The summed E-state index contributed by atoms with van der Waals surface area (Å²) in [7, 11) is 1.23. The Kier molecular flexibility index (Phi) is 9.60. The van der Waals surface area contributed by atoms with Crippen LogP contribution in [0.1, 0.15) is 17.5 Å². The number of carbonyl (C=O) groups excluding carboxylic acids is 2. The maximum atomic E-state index is 14.1. The van der Waals surface area contributed by atoms with Crippen LogP contribution < -0.4 is 10.1 Å². The van der Waals surface area contributed by atoms with E-state index < -0.39 is 30.7 Å². The molecule has 172 valence electrons. The molecule has 0 aromatic heterocycles. The number of hydrogen-bond donors (Lipinski definition) is 3. The molecule has 0 unspecified atom stereocenters. The van der Waals surface area contributed by atoms with Crippen molar-refractivity contribution >= 4 is 25.0 Å². The Balaban J connectivity index is 1.97. The smallest absolute Gasteiger partial charge is 0.475 e. The molecule has 2 aromatic carbocycles. The number of nitriles is 1. The van der Waals surface area contributed by atoms with Crippen molar-refractivity contribution in [2.24, 2.45) is 0 Å². The summed E-state index contributed by atoms with van der Waals surface area (Å²) in [6.07, 6.45) is 1.29. The highest BCUT2D eigenvalue weighted by atomic mass is 19.1. The Hall–Kier alpha value is -3.68. The first-order chi connectivity index (χ1) is 15.7. The first-order valence-electron chi connectivity index (χ1n) is 10.2. The standard InChI is InChI=1S/C23H25BFN3O5/c1-28(2)23(30)18(15-26)13-17-14-19(8-9-20(17)25)33-11-10-22(29)27-21(24(31)32)12-16-6-4-3-5-7-16/h3-9,13-14,21,31-32H,10-12H2,1-2H3,(H,27,29)/t21-/m0/s1. The zero-order valence-corrected chi connectivity index (χ0v) is 18.4. The monoisotopic (exact) mass is 453 g/mol. The Bertz CT molecular complexity index is 1040. The first kappa shape index (κ1) is 25.6. The second-order valence-electron chi connectivity index (χ2n) is 7.43.